The van der Waals surface area contributed by atoms with Crippen LogP contribution in [0.15, 0.2) is 59.8 Å². The van der Waals surface area contributed by atoms with E-state index in [-0.39, 0.29) is 5.75 Å². The van der Waals surface area contributed by atoms with Gasteiger partial charge in [0.25, 0.3) is 0 Å². The van der Waals surface area contributed by atoms with E-state index < -0.39 is 0 Å². The fourth-order valence-corrected chi connectivity index (χ4v) is 2.01. The van der Waals surface area contributed by atoms with Gasteiger partial charge in [-0.1, -0.05) is 24.3 Å². The molecule has 104 valence electrons. The summed E-state index contributed by atoms with van der Waals surface area (Å²) in [5.74, 6) is 0.852. The Balaban J connectivity index is 1.88. The van der Waals surface area contributed by atoms with E-state index >= 15 is 0 Å². The number of aromatic hydroxyl groups is 1. The second-order valence-corrected chi connectivity index (χ2v) is 4.64. The zero-order valence-electron chi connectivity index (χ0n) is 11.5. The SMILES string of the molecule is C/C(=N\Nc1nncc2ccccc12)c1ccc(O)cc1. The Morgan fingerprint density at radius 1 is 1.10 bits per heavy atom. The number of fused-ring (bicyclic) bond motifs is 1. The van der Waals surface area contributed by atoms with Gasteiger partial charge in [0, 0.05) is 10.8 Å². The van der Waals surface area contributed by atoms with Gasteiger partial charge in [0.1, 0.15) is 5.75 Å². The number of phenolic OH excluding ortho intramolecular Hbond substituents is 1. The minimum Gasteiger partial charge on any atom is -0.508 e. The summed E-state index contributed by atoms with van der Waals surface area (Å²) in [5, 5.41) is 23.6. The highest BCUT2D eigenvalue weighted by molar-refractivity contribution is 5.99. The first-order valence-corrected chi connectivity index (χ1v) is 6.54. The standard InChI is InChI=1S/C16H14N4O/c1-11(12-6-8-14(21)9-7-12)18-20-16-15-5-3-2-4-13(15)10-17-19-16/h2-10,21H,1H3,(H,19,20)/b18-11+. The Kier molecular flexibility index (Phi) is 3.47. The molecule has 0 saturated heterocycles. The molecule has 0 saturated carbocycles. The van der Waals surface area contributed by atoms with Crippen LogP contribution in [-0.4, -0.2) is 21.0 Å². The number of rotatable bonds is 3. The van der Waals surface area contributed by atoms with Crippen LogP contribution in [0.5, 0.6) is 5.75 Å². The Labute approximate surface area is 122 Å². The van der Waals surface area contributed by atoms with Crippen molar-refractivity contribution in [3.63, 3.8) is 0 Å². The Morgan fingerprint density at radius 3 is 2.67 bits per heavy atom. The molecule has 0 fully saturated rings. The average Bonchev–Trinajstić information content (AvgIpc) is 2.53. The van der Waals surface area contributed by atoms with Gasteiger partial charge in [-0.05, 0) is 36.8 Å². The van der Waals surface area contributed by atoms with Crippen molar-refractivity contribution >= 4 is 22.3 Å². The molecule has 2 N–H and O–H groups in total. The molecular weight excluding hydrogens is 264 g/mol. The topological polar surface area (TPSA) is 70.4 Å². The number of hydrogen-bond acceptors (Lipinski definition) is 5. The third kappa shape index (κ3) is 2.81. The second kappa shape index (κ2) is 5.58. The van der Waals surface area contributed by atoms with Gasteiger partial charge < -0.3 is 5.11 Å². The lowest BCUT2D eigenvalue weighted by molar-refractivity contribution is 0.475. The maximum atomic E-state index is 9.29. The van der Waals surface area contributed by atoms with Crippen LogP contribution in [0.3, 0.4) is 0 Å². The highest BCUT2D eigenvalue weighted by atomic mass is 16.3. The third-order valence-corrected chi connectivity index (χ3v) is 3.19. The van der Waals surface area contributed by atoms with Gasteiger partial charge in [0.2, 0.25) is 0 Å². The van der Waals surface area contributed by atoms with Gasteiger partial charge in [-0.3, -0.25) is 5.43 Å². The molecule has 0 spiro atoms. The third-order valence-electron chi connectivity index (χ3n) is 3.19. The fourth-order valence-electron chi connectivity index (χ4n) is 2.01. The summed E-state index contributed by atoms with van der Waals surface area (Å²) in [5.41, 5.74) is 4.67. The van der Waals surface area contributed by atoms with E-state index in [1.54, 1.807) is 18.3 Å². The lowest BCUT2D eigenvalue weighted by Gasteiger charge is -2.05. The summed E-state index contributed by atoms with van der Waals surface area (Å²) in [4.78, 5) is 0. The molecule has 1 heterocycles. The smallest absolute Gasteiger partial charge is 0.176 e. The number of nitrogens with one attached hydrogen (secondary N) is 1. The summed E-state index contributed by atoms with van der Waals surface area (Å²) in [6, 6.07) is 14.7. The van der Waals surface area contributed by atoms with Gasteiger partial charge in [-0.15, -0.1) is 5.10 Å². The summed E-state index contributed by atoms with van der Waals surface area (Å²) in [6.45, 7) is 1.89. The lowest BCUT2D eigenvalue weighted by atomic mass is 10.1. The van der Waals surface area contributed by atoms with Gasteiger partial charge in [0.05, 0.1) is 11.9 Å². The molecule has 3 aromatic rings. The molecule has 0 radical (unpaired) electrons. The first kappa shape index (κ1) is 13.1. The van der Waals surface area contributed by atoms with Crippen LogP contribution in [0.1, 0.15) is 12.5 Å². The molecule has 0 unspecified atom stereocenters. The van der Waals surface area contributed by atoms with E-state index in [2.05, 4.69) is 20.7 Å². The van der Waals surface area contributed by atoms with Crippen molar-refractivity contribution in [2.24, 2.45) is 5.10 Å². The predicted molar refractivity (Wildman–Crippen MR) is 83.5 cm³/mol. The molecule has 5 nitrogen and oxygen atoms in total. The number of hydrazone groups is 1. The Morgan fingerprint density at radius 2 is 1.86 bits per heavy atom. The quantitative estimate of drug-likeness (QED) is 0.570. The van der Waals surface area contributed by atoms with E-state index in [0.29, 0.717) is 5.82 Å². The Hall–Kier alpha value is -2.95. The van der Waals surface area contributed by atoms with E-state index in [9.17, 15) is 5.11 Å². The predicted octanol–water partition coefficient (Wildman–Crippen LogP) is 3.17. The number of benzene rings is 2. The van der Waals surface area contributed by atoms with Crippen LogP contribution in [0.2, 0.25) is 0 Å². The molecule has 0 aliphatic heterocycles. The second-order valence-electron chi connectivity index (χ2n) is 4.64. The molecular formula is C16H14N4O. The highest BCUT2D eigenvalue weighted by Gasteiger charge is 2.02. The zero-order chi connectivity index (χ0) is 14.7. The van der Waals surface area contributed by atoms with Crippen molar-refractivity contribution in [1.82, 2.24) is 10.2 Å². The van der Waals surface area contributed by atoms with Gasteiger partial charge in [0.15, 0.2) is 5.82 Å². The van der Waals surface area contributed by atoms with E-state index in [4.69, 9.17) is 0 Å². The van der Waals surface area contributed by atoms with Crippen LogP contribution in [0.4, 0.5) is 5.82 Å². The molecule has 21 heavy (non-hydrogen) atoms. The summed E-state index contributed by atoms with van der Waals surface area (Å²) in [6.07, 6.45) is 1.72. The van der Waals surface area contributed by atoms with Crippen LogP contribution < -0.4 is 5.43 Å². The van der Waals surface area contributed by atoms with Crippen molar-refractivity contribution in [2.45, 2.75) is 6.92 Å². The molecule has 5 heteroatoms. The minimum atomic E-state index is 0.236. The maximum absolute atomic E-state index is 9.29. The van der Waals surface area contributed by atoms with Crippen molar-refractivity contribution in [1.29, 1.82) is 0 Å². The first-order valence-electron chi connectivity index (χ1n) is 6.54. The number of hydrogen-bond donors (Lipinski definition) is 2. The molecule has 0 aliphatic carbocycles. The highest BCUT2D eigenvalue weighted by Crippen LogP contribution is 2.19. The van der Waals surface area contributed by atoms with Crippen molar-refractivity contribution < 1.29 is 5.11 Å². The largest absolute Gasteiger partial charge is 0.508 e. The minimum absolute atomic E-state index is 0.236. The molecule has 3 rings (SSSR count). The van der Waals surface area contributed by atoms with Gasteiger partial charge in [-0.25, -0.2) is 0 Å². The zero-order valence-corrected chi connectivity index (χ0v) is 11.5. The van der Waals surface area contributed by atoms with E-state index in [1.165, 1.54) is 0 Å². The molecule has 0 amide bonds. The average molecular weight is 278 g/mol. The van der Waals surface area contributed by atoms with Gasteiger partial charge >= 0.3 is 0 Å². The molecule has 1 aromatic heterocycles. The summed E-state index contributed by atoms with van der Waals surface area (Å²) in [7, 11) is 0. The maximum Gasteiger partial charge on any atom is 0.176 e. The normalized spacial score (nSPS) is 11.6. The van der Waals surface area contributed by atoms with E-state index in [1.807, 2.05) is 43.3 Å². The van der Waals surface area contributed by atoms with E-state index in [0.717, 1.165) is 22.0 Å². The molecule has 0 bridgehead atoms. The van der Waals surface area contributed by atoms with Crippen LogP contribution in [0.25, 0.3) is 10.8 Å². The molecule has 0 atom stereocenters. The number of anilines is 1. The Bertz CT molecular complexity index is 791. The number of nitrogens with zero attached hydrogens (tertiary/aromatic N) is 3. The lowest BCUT2D eigenvalue weighted by Crippen LogP contribution is -2.01. The monoisotopic (exact) mass is 278 g/mol. The van der Waals surface area contributed by atoms with Gasteiger partial charge in [-0.2, -0.15) is 10.2 Å². The summed E-state index contributed by atoms with van der Waals surface area (Å²) >= 11 is 0. The number of aromatic nitrogens is 2. The van der Waals surface area contributed by atoms with Crippen LogP contribution in [-0.2, 0) is 0 Å². The van der Waals surface area contributed by atoms with Crippen molar-refractivity contribution in [2.75, 3.05) is 5.43 Å². The first-order chi connectivity index (χ1) is 10.2. The van der Waals surface area contributed by atoms with Crippen LogP contribution in [0, 0.1) is 0 Å². The van der Waals surface area contributed by atoms with Crippen LogP contribution >= 0.6 is 0 Å². The molecule has 2 aromatic carbocycles. The van der Waals surface area contributed by atoms with Crippen molar-refractivity contribution in [3.8, 4) is 5.75 Å². The van der Waals surface area contributed by atoms with Crippen molar-refractivity contribution in [3.05, 3.63) is 60.3 Å². The fraction of sp³-hybridized carbons (Fsp3) is 0.0625. The molecule has 0 aliphatic rings. The number of phenols is 1. The summed E-state index contributed by atoms with van der Waals surface area (Å²) < 4.78 is 0.